The van der Waals surface area contributed by atoms with Gasteiger partial charge in [0.25, 0.3) is 11.8 Å². The maximum atomic E-state index is 13.3. The van der Waals surface area contributed by atoms with Gasteiger partial charge in [0.1, 0.15) is 35.4 Å². The highest BCUT2D eigenvalue weighted by atomic mass is 19.4. The van der Waals surface area contributed by atoms with Crippen LogP contribution in [0.1, 0.15) is 78.1 Å². The van der Waals surface area contributed by atoms with Crippen molar-refractivity contribution in [3.8, 4) is 22.8 Å². The lowest BCUT2D eigenvalue weighted by Crippen LogP contribution is -2.62. The smallest absolute Gasteiger partial charge is 0.475 e. The first-order valence-electron chi connectivity index (χ1n) is 23.3. The van der Waals surface area contributed by atoms with Gasteiger partial charge in [0.05, 0.1) is 22.6 Å². The molecule has 1 aliphatic carbocycles. The molecule has 7 heterocycles. The summed E-state index contributed by atoms with van der Waals surface area (Å²) >= 11 is 0. The molecule has 360 valence electrons. The molecule has 69 heavy (non-hydrogen) atoms. The summed E-state index contributed by atoms with van der Waals surface area (Å²) in [6.45, 7) is 7.33. The molecular formula is C49H51F3N10O7. The zero-order valence-corrected chi connectivity index (χ0v) is 37.6. The number of halogens is 3. The molecule has 1 unspecified atom stereocenters. The molecule has 5 fully saturated rings. The van der Waals surface area contributed by atoms with Gasteiger partial charge in [-0.25, -0.2) is 19.4 Å². The fraction of sp³-hybridized carbons (Fsp3) is 0.429. The van der Waals surface area contributed by atoms with Crippen molar-refractivity contribution in [2.24, 2.45) is 11.3 Å². The molecule has 1 spiro atoms. The Balaban J connectivity index is 0.000000736. The number of nitrogens with two attached hydrogens (primary N) is 1. The first-order chi connectivity index (χ1) is 33.1. The molecule has 0 bridgehead atoms. The maximum Gasteiger partial charge on any atom is 0.490 e. The van der Waals surface area contributed by atoms with Crippen LogP contribution in [-0.2, 0) is 14.4 Å². The number of likely N-dealkylation sites (tertiary alicyclic amines) is 2. The summed E-state index contributed by atoms with van der Waals surface area (Å²) < 4.78 is 39.9. The van der Waals surface area contributed by atoms with Crippen molar-refractivity contribution >= 4 is 52.1 Å². The van der Waals surface area contributed by atoms with E-state index in [1.54, 1.807) is 12.1 Å². The van der Waals surface area contributed by atoms with Crippen LogP contribution in [0.5, 0.6) is 11.5 Å². The summed E-state index contributed by atoms with van der Waals surface area (Å²) in [5, 5.41) is 15.3. The van der Waals surface area contributed by atoms with Crippen LogP contribution >= 0.6 is 0 Å². The van der Waals surface area contributed by atoms with Gasteiger partial charge in [-0.15, -0.1) is 0 Å². The lowest BCUT2D eigenvalue weighted by Gasteiger charge is -2.56. The molecule has 1 saturated carbocycles. The van der Waals surface area contributed by atoms with Gasteiger partial charge >= 0.3 is 12.1 Å². The summed E-state index contributed by atoms with van der Waals surface area (Å²) in [4.78, 5) is 77.1. The zero-order chi connectivity index (χ0) is 48.2. The van der Waals surface area contributed by atoms with Crippen molar-refractivity contribution in [3.05, 3.63) is 90.3 Å². The van der Waals surface area contributed by atoms with Crippen LogP contribution < -0.4 is 20.7 Å². The van der Waals surface area contributed by atoms with E-state index in [1.165, 1.54) is 45.1 Å². The molecule has 5 aliphatic heterocycles. The molecular weight excluding hydrogens is 898 g/mol. The van der Waals surface area contributed by atoms with E-state index in [9.17, 15) is 32.3 Å². The Morgan fingerprint density at radius 3 is 2.17 bits per heavy atom. The zero-order valence-electron chi connectivity index (χ0n) is 37.6. The number of anilines is 2. The predicted molar refractivity (Wildman–Crippen MR) is 245 cm³/mol. The molecule has 20 heteroatoms. The van der Waals surface area contributed by atoms with Crippen LogP contribution in [0.15, 0.2) is 79.1 Å². The van der Waals surface area contributed by atoms with Gasteiger partial charge in [-0.3, -0.25) is 29.4 Å². The van der Waals surface area contributed by atoms with E-state index in [0.29, 0.717) is 34.3 Å². The van der Waals surface area contributed by atoms with E-state index in [1.807, 2.05) is 60.7 Å². The Morgan fingerprint density at radius 2 is 1.51 bits per heavy atom. The number of aromatic nitrogens is 4. The molecule has 2 aromatic heterocycles. The quantitative estimate of drug-likeness (QED) is 0.147. The molecule has 6 aliphatic rings. The summed E-state index contributed by atoms with van der Waals surface area (Å²) in [6.07, 6.45) is 3.79. The van der Waals surface area contributed by atoms with Gasteiger partial charge < -0.3 is 30.3 Å². The Bertz CT molecular complexity index is 2790. The number of carbonyl (C=O) groups is 5. The van der Waals surface area contributed by atoms with E-state index in [4.69, 9.17) is 25.5 Å². The lowest BCUT2D eigenvalue weighted by atomic mass is 9.67. The van der Waals surface area contributed by atoms with Crippen LogP contribution in [0.3, 0.4) is 0 Å². The molecule has 4 N–H and O–H groups in total. The number of benzene rings is 3. The van der Waals surface area contributed by atoms with Crippen LogP contribution in [0.4, 0.5) is 24.7 Å². The highest BCUT2D eigenvalue weighted by molar-refractivity contribution is 6.23. The third-order valence-corrected chi connectivity index (χ3v) is 14.6. The molecule has 11 rings (SSSR count). The number of alkyl halides is 3. The van der Waals surface area contributed by atoms with Gasteiger partial charge in [-0.1, -0.05) is 18.2 Å². The Kier molecular flexibility index (Phi) is 12.1. The van der Waals surface area contributed by atoms with Gasteiger partial charge in [0, 0.05) is 75.4 Å². The minimum atomic E-state index is -5.08. The molecule has 4 saturated heterocycles. The number of nitrogens with one attached hydrogen (secondary N) is 1. The second kappa shape index (κ2) is 18.2. The third-order valence-electron chi connectivity index (χ3n) is 14.6. The molecule has 4 amide bonds. The number of carbonyl (C=O) groups excluding carboxylic acids is 4. The molecule has 3 aromatic carbocycles. The second-order valence-corrected chi connectivity index (χ2v) is 19.1. The standard InChI is InChI=1S/C47H50N10O5.C2HF3O2/c48-42-40-41(30-6-9-35(10-7-30)62-34-4-2-1-3-5-34)52-57(43(40)50-28-49-42)32-16-20-54(21-17-32)31-14-18-47(19-15-31)26-53(27-47)23-29-24-55(25-29)33-8-11-36-37(22-33)46(61)56(45(36)60)38-12-13-39(58)51-44(38)59;3-2(4,5)1(6)7/h1-11,22,28-29,31-32,38H,12-21,23-27H2,(H2,48,49,50)(H,51,58,59);(H,6,7). The third kappa shape index (κ3) is 9.09. The van der Waals surface area contributed by atoms with Crippen molar-refractivity contribution in [2.75, 3.05) is 56.4 Å². The summed E-state index contributed by atoms with van der Waals surface area (Å²) in [5.41, 5.74) is 11.0. The van der Waals surface area contributed by atoms with E-state index >= 15 is 0 Å². The van der Waals surface area contributed by atoms with Gasteiger partial charge in [0.15, 0.2) is 5.65 Å². The fourth-order valence-electron chi connectivity index (χ4n) is 11.1. The van der Waals surface area contributed by atoms with Crippen molar-refractivity contribution in [1.82, 2.24) is 39.8 Å². The first kappa shape index (κ1) is 45.8. The van der Waals surface area contributed by atoms with Gasteiger partial charge in [-0.05, 0) is 105 Å². The highest BCUT2D eigenvalue weighted by Crippen LogP contribution is 2.46. The molecule has 17 nitrogen and oxygen atoms in total. The summed E-state index contributed by atoms with van der Waals surface area (Å²) in [5.74, 6) is -2.12. The topological polar surface area (TPSA) is 209 Å². The number of fused-ring (bicyclic) bond motifs is 2. The molecule has 0 radical (unpaired) electrons. The summed E-state index contributed by atoms with van der Waals surface area (Å²) in [6, 6.07) is 23.0. The number of carboxylic acid groups (broad SMARTS) is 1. The van der Waals surface area contributed by atoms with Crippen LogP contribution in [0.2, 0.25) is 0 Å². The normalized spacial score (nSPS) is 21.4. The number of carboxylic acids is 1. The van der Waals surface area contributed by atoms with Crippen molar-refractivity contribution in [3.63, 3.8) is 0 Å². The molecule has 1 atom stereocenters. The van der Waals surface area contributed by atoms with Crippen molar-refractivity contribution in [1.29, 1.82) is 0 Å². The highest BCUT2D eigenvalue weighted by Gasteiger charge is 2.48. The van der Waals surface area contributed by atoms with Crippen molar-refractivity contribution in [2.45, 2.75) is 75.7 Å². The fourth-order valence-corrected chi connectivity index (χ4v) is 11.1. The number of nitrogen functional groups attached to an aromatic ring is 1. The number of imide groups is 2. The number of piperidine rings is 2. The van der Waals surface area contributed by atoms with Crippen LogP contribution in [-0.4, -0.2) is 133 Å². The number of rotatable bonds is 9. The Morgan fingerprint density at radius 1 is 0.841 bits per heavy atom. The number of aliphatic carboxylic acids is 1. The van der Waals surface area contributed by atoms with E-state index < -0.39 is 35.9 Å². The number of hydrogen-bond donors (Lipinski definition) is 3. The molecule has 5 aromatic rings. The maximum absolute atomic E-state index is 13.3. The first-order valence-corrected chi connectivity index (χ1v) is 23.3. The SMILES string of the molecule is Nc1ncnc2c1c(-c1ccc(Oc3ccccc3)cc1)nn2C1CCN(C2CCC3(CC2)CN(CC2CN(c4ccc5c(c4)C(=O)N(C4CCC(=O)NC4=O)C5=O)C2)C3)CC1.O=C(O)C(F)(F)F. The Labute approximate surface area is 394 Å². The number of nitrogens with zero attached hydrogens (tertiary/aromatic N) is 8. The Hall–Kier alpha value is -6.93. The van der Waals surface area contributed by atoms with Crippen LogP contribution in [0, 0.1) is 11.3 Å². The minimum Gasteiger partial charge on any atom is -0.475 e. The predicted octanol–water partition coefficient (Wildman–Crippen LogP) is 5.92. The number of ether oxygens (including phenoxy) is 1. The van der Waals surface area contributed by atoms with Crippen molar-refractivity contribution < 1.29 is 47.0 Å². The minimum absolute atomic E-state index is 0.106. The van der Waals surface area contributed by atoms with Gasteiger partial charge in [0.2, 0.25) is 11.8 Å². The van der Waals surface area contributed by atoms with E-state index in [2.05, 4.69) is 34.7 Å². The average molecular weight is 949 g/mol. The number of amides is 4. The monoisotopic (exact) mass is 948 g/mol. The summed E-state index contributed by atoms with van der Waals surface area (Å²) in [7, 11) is 0. The lowest BCUT2D eigenvalue weighted by molar-refractivity contribution is -0.192. The largest absolute Gasteiger partial charge is 0.490 e. The number of para-hydroxylation sites is 1. The van der Waals surface area contributed by atoms with Gasteiger partial charge in [-0.2, -0.15) is 18.3 Å². The van der Waals surface area contributed by atoms with Crippen LogP contribution in [0.25, 0.3) is 22.3 Å². The second-order valence-electron chi connectivity index (χ2n) is 19.1. The number of hydrogen-bond acceptors (Lipinski definition) is 13. The average Bonchev–Trinajstić information content (AvgIpc) is 3.82. The van der Waals surface area contributed by atoms with E-state index in [0.717, 1.165) is 89.9 Å². The van der Waals surface area contributed by atoms with E-state index in [-0.39, 0.29) is 24.8 Å².